The Morgan fingerprint density at radius 3 is 1.22 bits per heavy atom. The van der Waals surface area contributed by atoms with Crippen molar-refractivity contribution in [2.75, 3.05) is 11.5 Å². The summed E-state index contributed by atoms with van der Waals surface area (Å²) in [6.07, 6.45) is 12.4. The van der Waals surface area contributed by atoms with Crippen LogP contribution in [0.2, 0.25) is 0 Å². The maximum Gasteiger partial charge on any atom is 0.0314 e. The van der Waals surface area contributed by atoms with Crippen LogP contribution in [0.25, 0.3) is 22.3 Å². The van der Waals surface area contributed by atoms with Crippen LogP contribution in [0.5, 0.6) is 0 Å². The molecular weight excluding hydrogens is 388 g/mol. The van der Waals surface area contributed by atoms with E-state index in [1.165, 1.54) is 84.7 Å². The first-order valence-corrected chi connectivity index (χ1v) is 12.5. The van der Waals surface area contributed by atoms with Gasteiger partial charge < -0.3 is 11.5 Å². The van der Waals surface area contributed by atoms with Crippen molar-refractivity contribution >= 4 is 11.4 Å². The molecule has 0 bridgehead atoms. The van der Waals surface area contributed by atoms with E-state index < -0.39 is 0 Å². The van der Waals surface area contributed by atoms with Gasteiger partial charge in [0.2, 0.25) is 0 Å². The number of rotatable bonds is 12. The van der Waals surface area contributed by atoms with Gasteiger partial charge in [-0.1, -0.05) is 88.8 Å². The van der Waals surface area contributed by atoms with Crippen molar-refractivity contribution in [2.24, 2.45) is 0 Å². The summed E-state index contributed by atoms with van der Waals surface area (Å²) in [5.74, 6) is 0. The third-order valence-electron chi connectivity index (χ3n) is 6.37. The van der Waals surface area contributed by atoms with Crippen LogP contribution in [-0.4, -0.2) is 0 Å². The molecule has 3 rings (SSSR count). The summed E-state index contributed by atoms with van der Waals surface area (Å²) in [6.45, 7) is 4.54. The van der Waals surface area contributed by atoms with E-state index >= 15 is 0 Å². The fourth-order valence-corrected chi connectivity index (χ4v) is 4.45. The highest BCUT2D eigenvalue weighted by Crippen LogP contribution is 2.35. The van der Waals surface area contributed by atoms with E-state index in [0.29, 0.717) is 0 Å². The Bertz CT molecular complexity index is 874. The van der Waals surface area contributed by atoms with Crippen LogP contribution in [0, 0.1) is 0 Å². The van der Waals surface area contributed by atoms with Crippen molar-refractivity contribution in [1.29, 1.82) is 0 Å². The maximum atomic E-state index is 5.98. The smallest absolute Gasteiger partial charge is 0.0314 e. The van der Waals surface area contributed by atoms with Crippen molar-refractivity contribution in [2.45, 2.75) is 78.1 Å². The highest BCUT2D eigenvalue weighted by molar-refractivity contribution is 5.78. The Morgan fingerprint density at radius 2 is 0.875 bits per heavy atom. The molecule has 0 saturated carbocycles. The molecule has 0 heterocycles. The van der Waals surface area contributed by atoms with Crippen LogP contribution in [0.15, 0.2) is 60.7 Å². The van der Waals surface area contributed by atoms with Crippen LogP contribution in [0.1, 0.15) is 76.3 Å². The number of aryl methyl sites for hydroxylation is 2. The molecular formula is C30H40N2. The zero-order valence-electron chi connectivity index (χ0n) is 20.0. The van der Waals surface area contributed by atoms with E-state index in [1.807, 2.05) is 24.3 Å². The third kappa shape index (κ3) is 6.63. The topological polar surface area (TPSA) is 52.0 Å². The summed E-state index contributed by atoms with van der Waals surface area (Å²) < 4.78 is 0. The van der Waals surface area contributed by atoms with Gasteiger partial charge in [0.05, 0.1) is 0 Å². The van der Waals surface area contributed by atoms with Crippen LogP contribution in [0.3, 0.4) is 0 Å². The Labute approximate surface area is 195 Å². The van der Waals surface area contributed by atoms with E-state index in [1.54, 1.807) is 0 Å². The van der Waals surface area contributed by atoms with Crippen molar-refractivity contribution in [3.05, 3.63) is 71.8 Å². The normalized spacial score (nSPS) is 11.1. The summed E-state index contributed by atoms with van der Waals surface area (Å²) in [7, 11) is 0. The molecule has 2 nitrogen and oxygen atoms in total. The zero-order valence-corrected chi connectivity index (χ0v) is 20.0. The molecule has 0 aliphatic heterocycles. The molecule has 0 amide bonds. The van der Waals surface area contributed by atoms with E-state index in [-0.39, 0.29) is 0 Å². The average Bonchev–Trinajstić information content (AvgIpc) is 2.81. The van der Waals surface area contributed by atoms with E-state index in [0.717, 1.165) is 24.2 Å². The lowest BCUT2D eigenvalue weighted by Crippen LogP contribution is -1.99. The van der Waals surface area contributed by atoms with Crippen LogP contribution >= 0.6 is 0 Å². The van der Waals surface area contributed by atoms with Crippen LogP contribution in [-0.2, 0) is 12.8 Å². The van der Waals surface area contributed by atoms with Gasteiger partial charge in [-0.05, 0) is 83.3 Å². The summed E-state index contributed by atoms with van der Waals surface area (Å²) in [5, 5.41) is 0. The van der Waals surface area contributed by atoms with Gasteiger partial charge in [0.15, 0.2) is 0 Å². The van der Waals surface area contributed by atoms with Gasteiger partial charge in [0, 0.05) is 11.4 Å². The first-order chi connectivity index (χ1) is 15.6. The standard InChI is InChI=1S/C30H40N2/c1-3-5-7-9-11-25-21-30(24-15-19-28(32)20-16-24)26(12-10-8-6-4-2)22-29(25)23-13-17-27(31)18-14-23/h13-22H,3-12,31-32H2,1-2H3. The minimum Gasteiger partial charge on any atom is -0.399 e. The molecule has 0 fully saturated rings. The summed E-state index contributed by atoms with van der Waals surface area (Å²) >= 11 is 0. The van der Waals surface area contributed by atoms with Gasteiger partial charge in [-0.3, -0.25) is 0 Å². The van der Waals surface area contributed by atoms with Crippen molar-refractivity contribution < 1.29 is 0 Å². The van der Waals surface area contributed by atoms with Gasteiger partial charge in [-0.25, -0.2) is 0 Å². The Balaban J connectivity index is 2.04. The third-order valence-corrected chi connectivity index (χ3v) is 6.37. The molecule has 0 atom stereocenters. The van der Waals surface area contributed by atoms with Crippen molar-refractivity contribution in [1.82, 2.24) is 0 Å². The first-order valence-electron chi connectivity index (χ1n) is 12.5. The minimum absolute atomic E-state index is 0.816. The predicted octanol–water partition coefficient (Wildman–Crippen LogP) is 8.43. The molecule has 0 aliphatic rings. The Hall–Kier alpha value is -2.74. The number of anilines is 2. The number of nitrogen functional groups attached to an aromatic ring is 2. The number of nitrogens with two attached hydrogens (primary N) is 2. The first kappa shape index (κ1) is 23.9. The lowest BCUT2D eigenvalue weighted by Gasteiger charge is -2.18. The Kier molecular flexibility index (Phi) is 9.22. The van der Waals surface area contributed by atoms with Gasteiger partial charge in [0.1, 0.15) is 0 Å². The number of unbranched alkanes of at least 4 members (excludes halogenated alkanes) is 6. The summed E-state index contributed by atoms with van der Waals surface area (Å²) in [5.41, 5.74) is 21.7. The molecule has 0 radical (unpaired) electrons. The zero-order chi connectivity index (χ0) is 22.8. The predicted molar refractivity (Wildman–Crippen MR) is 142 cm³/mol. The van der Waals surface area contributed by atoms with E-state index in [9.17, 15) is 0 Å². The van der Waals surface area contributed by atoms with Crippen molar-refractivity contribution in [3.8, 4) is 22.3 Å². The maximum absolute atomic E-state index is 5.98. The molecule has 2 heteroatoms. The quantitative estimate of drug-likeness (QED) is 0.225. The van der Waals surface area contributed by atoms with E-state index in [4.69, 9.17) is 11.5 Å². The molecule has 3 aromatic rings. The fraction of sp³-hybridized carbons (Fsp3) is 0.400. The minimum atomic E-state index is 0.816. The lowest BCUT2D eigenvalue weighted by atomic mass is 9.87. The molecule has 32 heavy (non-hydrogen) atoms. The largest absolute Gasteiger partial charge is 0.399 e. The SMILES string of the molecule is CCCCCCc1cc(-c2ccc(N)cc2)c(CCCCCC)cc1-c1ccc(N)cc1. The molecule has 0 unspecified atom stereocenters. The van der Waals surface area contributed by atoms with Gasteiger partial charge in [0.25, 0.3) is 0 Å². The van der Waals surface area contributed by atoms with Crippen LogP contribution < -0.4 is 11.5 Å². The molecule has 4 N–H and O–H groups in total. The second-order valence-corrected chi connectivity index (χ2v) is 9.03. The second-order valence-electron chi connectivity index (χ2n) is 9.03. The highest BCUT2D eigenvalue weighted by Gasteiger charge is 2.13. The molecule has 0 spiro atoms. The summed E-state index contributed by atoms with van der Waals surface area (Å²) in [6, 6.07) is 21.7. The van der Waals surface area contributed by atoms with Gasteiger partial charge in [-0.2, -0.15) is 0 Å². The molecule has 3 aromatic carbocycles. The number of hydrogen-bond donors (Lipinski definition) is 2. The second kappa shape index (κ2) is 12.3. The highest BCUT2D eigenvalue weighted by atomic mass is 14.5. The van der Waals surface area contributed by atoms with Gasteiger partial charge in [-0.15, -0.1) is 0 Å². The van der Waals surface area contributed by atoms with Crippen LogP contribution in [0.4, 0.5) is 11.4 Å². The fourth-order valence-electron chi connectivity index (χ4n) is 4.45. The molecule has 0 aliphatic carbocycles. The Morgan fingerprint density at radius 1 is 0.500 bits per heavy atom. The lowest BCUT2D eigenvalue weighted by molar-refractivity contribution is 0.664. The molecule has 170 valence electrons. The average molecular weight is 429 g/mol. The summed E-state index contributed by atoms with van der Waals surface area (Å²) in [4.78, 5) is 0. The monoisotopic (exact) mass is 428 g/mol. The molecule has 0 aromatic heterocycles. The van der Waals surface area contributed by atoms with Crippen molar-refractivity contribution in [3.63, 3.8) is 0 Å². The molecule has 0 saturated heterocycles. The van der Waals surface area contributed by atoms with Gasteiger partial charge >= 0.3 is 0 Å². The number of hydrogen-bond acceptors (Lipinski definition) is 2. The number of benzene rings is 3. The van der Waals surface area contributed by atoms with E-state index in [2.05, 4.69) is 50.2 Å².